The summed E-state index contributed by atoms with van der Waals surface area (Å²) in [6.45, 7) is 1.69. The number of rotatable bonds is 5. The lowest BCUT2D eigenvalue weighted by Gasteiger charge is -2.24. The highest BCUT2D eigenvalue weighted by Gasteiger charge is 2.19. The molecule has 0 amide bonds. The SMILES string of the molecule is O=C(O)CCCCN1CCCC(=O)c2ccccc21. The van der Waals surface area contributed by atoms with Crippen LogP contribution >= 0.6 is 0 Å². The van der Waals surface area contributed by atoms with Crippen LogP contribution in [-0.2, 0) is 4.79 Å². The van der Waals surface area contributed by atoms with Crippen LogP contribution in [0.15, 0.2) is 24.3 Å². The van der Waals surface area contributed by atoms with Crippen molar-refractivity contribution in [3.05, 3.63) is 29.8 Å². The summed E-state index contributed by atoms with van der Waals surface area (Å²) >= 11 is 0. The molecule has 0 unspecified atom stereocenters. The number of ketones is 1. The predicted molar refractivity (Wildman–Crippen MR) is 73.7 cm³/mol. The van der Waals surface area contributed by atoms with Crippen molar-refractivity contribution in [3.8, 4) is 0 Å². The average molecular weight is 261 g/mol. The Morgan fingerprint density at radius 3 is 2.84 bits per heavy atom. The Morgan fingerprint density at radius 2 is 2.05 bits per heavy atom. The Hall–Kier alpha value is -1.84. The molecule has 1 heterocycles. The van der Waals surface area contributed by atoms with E-state index in [1.165, 1.54) is 0 Å². The Bertz CT molecular complexity index is 470. The number of Topliss-reactive ketones (excluding diaryl/α,β-unsaturated/α-hetero) is 1. The second-order valence-corrected chi connectivity index (χ2v) is 4.88. The predicted octanol–water partition coefficient (Wildman–Crippen LogP) is 2.72. The fourth-order valence-corrected chi connectivity index (χ4v) is 2.48. The number of fused-ring (bicyclic) bond motifs is 1. The van der Waals surface area contributed by atoms with Gasteiger partial charge in [-0.05, 0) is 31.4 Å². The third-order valence-corrected chi connectivity index (χ3v) is 3.45. The topological polar surface area (TPSA) is 57.6 Å². The molecule has 1 aliphatic heterocycles. The Kier molecular flexibility index (Phi) is 4.55. The van der Waals surface area contributed by atoms with E-state index in [2.05, 4.69) is 4.90 Å². The highest BCUT2D eigenvalue weighted by atomic mass is 16.4. The summed E-state index contributed by atoms with van der Waals surface area (Å²) < 4.78 is 0. The van der Waals surface area contributed by atoms with Gasteiger partial charge in [0.05, 0.1) is 0 Å². The van der Waals surface area contributed by atoms with Crippen LogP contribution in [0.25, 0.3) is 0 Å². The van der Waals surface area contributed by atoms with Crippen LogP contribution in [-0.4, -0.2) is 29.9 Å². The summed E-state index contributed by atoms with van der Waals surface area (Å²) in [4.78, 5) is 24.7. The van der Waals surface area contributed by atoms with Gasteiger partial charge in [-0.3, -0.25) is 9.59 Å². The number of carboxylic acid groups (broad SMARTS) is 1. The first-order chi connectivity index (χ1) is 9.18. The van der Waals surface area contributed by atoms with Gasteiger partial charge in [-0.15, -0.1) is 0 Å². The molecule has 4 heteroatoms. The van der Waals surface area contributed by atoms with Gasteiger partial charge in [0, 0.05) is 37.2 Å². The van der Waals surface area contributed by atoms with Gasteiger partial charge >= 0.3 is 5.97 Å². The lowest BCUT2D eigenvalue weighted by molar-refractivity contribution is -0.137. The van der Waals surface area contributed by atoms with Gasteiger partial charge in [0.2, 0.25) is 0 Å². The zero-order chi connectivity index (χ0) is 13.7. The van der Waals surface area contributed by atoms with Crippen molar-refractivity contribution in [2.45, 2.75) is 32.1 Å². The first kappa shape index (κ1) is 13.6. The number of unbranched alkanes of at least 4 members (excludes halogenated alkanes) is 1. The molecule has 4 nitrogen and oxygen atoms in total. The maximum atomic E-state index is 12.0. The molecule has 102 valence electrons. The second-order valence-electron chi connectivity index (χ2n) is 4.88. The number of hydrogen-bond acceptors (Lipinski definition) is 3. The first-order valence-electron chi connectivity index (χ1n) is 6.77. The van der Waals surface area contributed by atoms with Crippen molar-refractivity contribution in [1.82, 2.24) is 0 Å². The van der Waals surface area contributed by atoms with Gasteiger partial charge in [0.25, 0.3) is 0 Å². The minimum Gasteiger partial charge on any atom is -0.481 e. The highest BCUT2D eigenvalue weighted by Crippen LogP contribution is 2.26. The van der Waals surface area contributed by atoms with E-state index < -0.39 is 5.97 Å². The summed E-state index contributed by atoms with van der Waals surface area (Å²) in [6.07, 6.45) is 3.21. The molecule has 0 aromatic heterocycles. The van der Waals surface area contributed by atoms with Crippen molar-refractivity contribution < 1.29 is 14.7 Å². The number of aliphatic carboxylic acids is 1. The van der Waals surface area contributed by atoms with E-state index in [9.17, 15) is 9.59 Å². The fourth-order valence-electron chi connectivity index (χ4n) is 2.48. The molecule has 1 aliphatic rings. The Morgan fingerprint density at radius 1 is 1.26 bits per heavy atom. The maximum absolute atomic E-state index is 12.0. The van der Waals surface area contributed by atoms with Gasteiger partial charge in [-0.25, -0.2) is 0 Å². The summed E-state index contributed by atoms with van der Waals surface area (Å²) in [5.41, 5.74) is 1.80. The molecule has 0 atom stereocenters. The number of benzene rings is 1. The van der Waals surface area contributed by atoms with Crippen LogP contribution in [0, 0.1) is 0 Å². The molecule has 0 fully saturated rings. The molecular weight excluding hydrogens is 242 g/mol. The van der Waals surface area contributed by atoms with Crippen LogP contribution in [0.5, 0.6) is 0 Å². The number of anilines is 1. The van der Waals surface area contributed by atoms with Crippen LogP contribution in [0.4, 0.5) is 5.69 Å². The van der Waals surface area contributed by atoms with E-state index in [-0.39, 0.29) is 12.2 Å². The van der Waals surface area contributed by atoms with Crippen LogP contribution in [0.1, 0.15) is 42.5 Å². The minimum absolute atomic E-state index is 0.212. The smallest absolute Gasteiger partial charge is 0.303 e. The summed E-state index contributed by atoms with van der Waals surface area (Å²) in [6, 6.07) is 7.70. The van der Waals surface area contributed by atoms with Gasteiger partial charge in [0.1, 0.15) is 0 Å². The summed E-state index contributed by atoms with van der Waals surface area (Å²) in [7, 11) is 0. The number of para-hydroxylation sites is 1. The van der Waals surface area contributed by atoms with E-state index in [4.69, 9.17) is 5.11 Å². The van der Waals surface area contributed by atoms with Gasteiger partial charge in [-0.1, -0.05) is 12.1 Å². The molecule has 0 spiro atoms. The van der Waals surface area contributed by atoms with E-state index in [0.717, 1.165) is 37.2 Å². The Labute approximate surface area is 113 Å². The Balaban J connectivity index is 2.02. The molecule has 0 aliphatic carbocycles. The van der Waals surface area contributed by atoms with Crippen molar-refractivity contribution >= 4 is 17.4 Å². The zero-order valence-corrected chi connectivity index (χ0v) is 11.0. The summed E-state index contributed by atoms with van der Waals surface area (Å²) in [5.74, 6) is -0.532. The number of carboxylic acids is 1. The average Bonchev–Trinajstić information content (AvgIpc) is 2.55. The summed E-state index contributed by atoms with van der Waals surface area (Å²) in [5, 5.41) is 8.63. The van der Waals surface area contributed by atoms with E-state index in [0.29, 0.717) is 12.8 Å². The fraction of sp³-hybridized carbons (Fsp3) is 0.467. The maximum Gasteiger partial charge on any atom is 0.303 e. The molecule has 1 aromatic carbocycles. The number of hydrogen-bond donors (Lipinski definition) is 1. The molecule has 1 aromatic rings. The van der Waals surface area contributed by atoms with Crippen molar-refractivity contribution in [2.75, 3.05) is 18.0 Å². The third-order valence-electron chi connectivity index (χ3n) is 3.45. The molecule has 0 saturated heterocycles. The molecule has 2 rings (SSSR count). The molecule has 19 heavy (non-hydrogen) atoms. The highest BCUT2D eigenvalue weighted by molar-refractivity contribution is 6.01. The van der Waals surface area contributed by atoms with Gasteiger partial charge < -0.3 is 10.0 Å². The van der Waals surface area contributed by atoms with E-state index in [1.54, 1.807) is 0 Å². The first-order valence-corrected chi connectivity index (χ1v) is 6.77. The van der Waals surface area contributed by atoms with Crippen molar-refractivity contribution in [2.24, 2.45) is 0 Å². The second kappa shape index (κ2) is 6.36. The monoisotopic (exact) mass is 261 g/mol. The molecule has 1 N–H and O–H groups in total. The molecule has 0 radical (unpaired) electrons. The lowest BCUT2D eigenvalue weighted by atomic mass is 10.1. The van der Waals surface area contributed by atoms with Crippen molar-refractivity contribution in [1.29, 1.82) is 0 Å². The van der Waals surface area contributed by atoms with Gasteiger partial charge in [0.15, 0.2) is 5.78 Å². The zero-order valence-electron chi connectivity index (χ0n) is 11.0. The number of carbonyl (C=O) groups excluding carboxylic acids is 1. The largest absolute Gasteiger partial charge is 0.481 e. The molecule has 0 saturated carbocycles. The molecule has 0 bridgehead atoms. The standard InChI is InChI=1S/C15H19NO3/c17-14-8-5-11-16(10-4-3-9-15(18)19)13-7-2-1-6-12(13)14/h1-2,6-7H,3-5,8-11H2,(H,18,19). The van der Waals surface area contributed by atoms with E-state index in [1.807, 2.05) is 24.3 Å². The number of carbonyl (C=O) groups is 2. The van der Waals surface area contributed by atoms with Crippen molar-refractivity contribution in [3.63, 3.8) is 0 Å². The van der Waals surface area contributed by atoms with E-state index >= 15 is 0 Å². The number of nitrogens with zero attached hydrogens (tertiary/aromatic N) is 1. The lowest BCUT2D eigenvalue weighted by Crippen LogP contribution is -2.25. The van der Waals surface area contributed by atoms with Crippen LogP contribution < -0.4 is 4.90 Å². The molecular formula is C15H19NO3. The third kappa shape index (κ3) is 3.56. The minimum atomic E-state index is -0.744. The van der Waals surface area contributed by atoms with Crippen LogP contribution in [0.3, 0.4) is 0 Å². The normalized spacial score (nSPS) is 14.9. The van der Waals surface area contributed by atoms with Gasteiger partial charge in [-0.2, -0.15) is 0 Å². The van der Waals surface area contributed by atoms with Crippen LogP contribution in [0.2, 0.25) is 0 Å². The quantitative estimate of drug-likeness (QED) is 0.828.